The lowest BCUT2D eigenvalue weighted by atomic mass is 9.99. The molecular formula is C26H25N3O2. The molecule has 0 aromatic heterocycles. The van der Waals surface area contributed by atoms with E-state index in [9.17, 15) is 9.59 Å². The minimum absolute atomic E-state index is 0.0746. The van der Waals surface area contributed by atoms with Gasteiger partial charge in [-0.2, -0.15) is 0 Å². The van der Waals surface area contributed by atoms with Crippen molar-refractivity contribution >= 4 is 34.8 Å². The number of para-hydroxylation sites is 2. The first-order valence-corrected chi connectivity index (χ1v) is 10.3. The Morgan fingerprint density at radius 3 is 2.35 bits per heavy atom. The van der Waals surface area contributed by atoms with Crippen molar-refractivity contribution in [3.63, 3.8) is 0 Å². The van der Waals surface area contributed by atoms with E-state index < -0.39 is 0 Å². The van der Waals surface area contributed by atoms with Gasteiger partial charge >= 0.3 is 0 Å². The number of nitrogens with one attached hydrogen (secondary N) is 2. The molecule has 4 N–H and O–H groups in total. The maximum atomic E-state index is 12.9. The van der Waals surface area contributed by atoms with Gasteiger partial charge in [0.05, 0.1) is 11.4 Å². The summed E-state index contributed by atoms with van der Waals surface area (Å²) in [6, 6.07) is 22.5. The van der Waals surface area contributed by atoms with Crippen LogP contribution in [0, 0.1) is 6.92 Å². The quantitative estimate of drug-likeness (QED) is 0.314. The first-order chi connectivity index (χ1) is 15.0. The van der Waals surface area contributed by atoms with Crippen molar-refractivity contribution in [2.24, 2.45) is 0 Å². The van der Waals surface area contributed by atoms with Gasteiger partial charge in [0.15, 0.2) is 0 Å². The zero-order chi connectivity index (χ0) is 21.8. The lowest BCUT2D eigenvalue weighted by Gasteiger charge is -2.10. The number of aryl methyl sites for hydroxylation is 1. The van der Waals surface area contributed by atoms with Crippen molar-refractivity contribution in [2.45, 2.75) is 25.8 Å². The summed E-state index contributed by atoms with van der Waals surface area (Å²) in [6.45, 7) is 2.01. The number of rotatable bonds is 6. The second kappa shape index (κ2) is 8.88. The van der Waals surface area contributed by atoms with Crippen molar-refractivity contribution in [2.75, 3.05) is 11.1 Å². The Labute approximate surface area is 182 Å². The van der Waals surface area contributed by atoms with Gasteiger partial charge in [0.25, 0.3) is 11.8 Å². The van der Waals surface area contributed by atoms with Crippen molar-refractivity contribution in [1.82, 2.24) is 5.32 Å². The minimum Gasteiger partial charge on any atom is -0.397 e. The van der Waals surface area contributed by atoms with Crippen LogP contribution in [0.3, 0.4) is 0 Å². The molecule has 0 aliphatic heterocycles. The molecule has 1 aliphatic rings. The first-order valence-electron chi connectivity index (χ1n) is 10.3. The van der Waals surface area contributed by atoms with E-state index in [0.29, 0.717) is 22.5 Å². The van der Waals surface area contributed by atoms with Crippen LogP contribution < -0.4 is 16.4 Å². The minimum atomic E-state index is -0.237. The van der Waals surface area contributed by atoms with Crippen molar-refractivity contribution < 1.29 is 9.59 Å². The molecule has 0 bridgehead atoms. The Hall–Kier alpha value is -3.86. The van der Waals surface area contributed by atoms with Gasteiger partial charge in [0.2, 0.25) is 0 Å². The average Bonchev–Trinajstić information content (AvgIpc) is 3.58. The molecule has 0 spiro atoms. The molecule has 5 heteroatoms. The predicted octanol–water partition coefficient (Wildman–Crippen LogP) is 4.65. The molecular weight excluding hydrogens is 386 g/mol. The molecule has 2 amide bonds. The third-order valence-corrected chi connectivity index (χ3v) is 5.18. The average molecular weight is 412 g/mol. The molecule has 0 heterocycles. The van der Waals surface area contributed by atoms with Crippen molar-refractivity contribution in [3.05, 3.63) is 95.1 Å². The summed E-state index contributed by atoms with van der Waals surface area (Å²) in [7, 11) is 0. The summed E-state index contributed by atoms with van der Waals surface area (Å²) in [5, 5.41) is 5.89. The van der Waals surface area contributed by atoms with E-state index in [4.69, 9.17) is 5.73 Å². The monoisotopic (exact) mass is 411 g/mol. The number of hydrogen-bond donors (Lipinski definition) is 3. The lowest BCUT2D eigenvalue weighted by molar-refractivity contribution is -0.115. The van der Waals surface area contributed by atoms with Gasteiger partial charge in [-0.3, -0.25) is 9.59 Å². The summed E-state index contributed by atoms with van der Waals surface area (Å²) in [5.74, 6) is -0.312. The van der Waals surface area contributed by atoms with Crippen LogP contribution in [0.5, 0.6) is 0 Å². The van der Waals surface area contributed by atoms with Gasteiger partial charge in [-0.1, -0.05) is 54.1 Å². The number of amides is 2. The summed E-state index contributed by atoms with van der Waals surface area (Å²) < 4.78 is 0. The topological polar surface area (TPSA) is 84.2 Å². The maximum Gasteiger partial charge on any atom is 0.255 e. The van der Waals surface area contributed by atoms with E-state index in [-0.39, 0.29) is 17.9 Å². The van der Waals surface area contributed by atoms with Crippen molar-refractivity contribution in [3.8, 4) is 0 Å². The summed E-state index contributed by atoms with van der Waals surface area (Å²) >= 11 is 0. The van der Waals surface area contributed by atoms with Gasteiger partial charge in [-0.15, -0.1) is 0 Å². The third-order valence-electron chi connectivity index (χ3n) is 5.18. The first kappa shape index (κ1) is 20.4. The normalized spacial score (nSPS) is 13.5. The van der Waals surface area contributed by atoms with Crippen LogP contribution in [0.1, 0.15) is 39.9 Å². The Kier molecular flexibility index (Phi) is 5.85. The van der Waals surface area contributed by atoms with Gasteiger partial charge in [0.1, 0.15) is 0 Å². The highest BCUT2D eigenvalue weighted by Gasteiger charge is 2.25. The second-order valence-electron chi connectivity index (χ2n) is 7.84. The molecule has 0 atom stereocenters. The largest absolute Gasteiger partial charge is 0.397 e. The van der Waals surface area contributed by atoms with E-state index in [1.807, 2.05) is 61.5 Å². The smallest absolute Gasteiger partial charge is 0.255 e. The van der Waals surface area contributed by atoms with Crippen LogP contribution in [0.2, 0.25) is 0 Å². The Morgan fingerprint density at radius 1 is 0.935 bits per heavy atom. The molecule has 1 aliphatic carbocycles. The second-order valence-corrected chi connectivity index (χ2v) is 7.84. The van der Waals surface area contributed by atoms with E-state index in [2.05, 4.69) is 10.6 Å². The number of anilines is 2. The maximum absolute atomic E-state index is 12.9. The molecule has 5 nitrogen and oxygen atoms in total. The molecule has 0 saturated heterocycles. The molecule has 156 valence electrons. The summed E-state index contributed by atoms with van der Waals surface area (Å²) in [4.78, 5) is 25.4. The van der Waals surface area contributed by atoms with E-state index in [1.165, 1.54) is 0 Å². The number of carbonyl (C=O) groups excluding carboxylic acids is 2. The van der Waals surface area contributed by atoms with Crippen LogP contribution >= 0.6 is 0 Å². The Bertz CT molecular complexity index is 1150. The van der Waals surface area contributed by atoms with Crippen molar-refractivity contribution in [1.29, 1.82) is 0 Å². The van der Waals surface area contributed by atoms with Crippen LogP contribution in [0.25, 0.3) is 11.6 Å². The predicted molar refractivity (Wildman–Crippen MR) is 125 cm³/mol. The number of nitrogens with two attached hydrogens (primary N) is 1. The number of nitrogen functional groups attached to an aromatic ring is 1. The lowest BCUT2D eigenvalue weighted by Crippen LogP contribution is -2.26. The van der Waals surface area contributed by atoms with Gasteiger partial charge in [-0.05, 0) is 61.2 Å². The molecule has 1 fully saturated rings. The third kappa shape index (κ3) is 5.20. The fourth-order valence-corrected chi connectivity index (χ4v) is 3.29. The highest BCUT2D eigenvalue weighted by atomic mass is 16.2. The zero-order valence-electron chi connectivity index (χ0n) is 17.4. The SMILES string of the molecule is Cc1cccc(/C(=C\c2ccc(C(=O)Nc3ccccc3N)cc2)C(=O)NC2CC2)c1. The van der Waals surface area contributed by atoms with Crippen LogP contribution in [-0.4, -0.2) is 17.9 Å². The van der Waals surface area contributed by atoms with Gasteiger partial charge < -0.3 is 16.4 Å². The number of benzene rings is 3. The molecule has 31 heavy (non-hydrogen) atoms. The molecule has 0 unspecified atom stereocenters. The Balaban J connectivity index is 1.57. The molecule has 1 saturated carbocycles. The van der Waals surface area contributed by atoms with Crippen LogP contribution in [-0.2, 0) is 4.79 Å². The van der Waals surface area contributed by atoms with Gasteiger partial charge in [0, 0.05) is 17.2 Å². The van der Waals surface area contributed by atoms with Crippen LogP contribution in [0.4, 0.5) is 11.4 Å². The standard InChI is InChI=1S/C26H25N3O2/c1-17-5-4-6-20(15-17)22(26(31)28-21-13-14-21)16-18-9-11-19(12-10-18)25(30)29-24-8-3-2-7-23(24)27/h2-12,15-16,21H,13-14,27H2,1H3,(H,28,31)(H,29,30)/b22-16+. The molecule has 4 rings (SSSR count). The highest BCUT2D eigenvalue weighted by molar-refractivity contribution is 6.24. The Morgan fingerprint density at radius 2 is 1.68 bits per heavy atom. The summed E-state index contributed by atoms with van der Waals surface area (Å²) in [5.41, 5.74) is 10.9. The number of carbonyl (C=O) groups is 2. The molecule has 3 aromatic carbocycles. The van der Waals surface area contributed by atoms with E-state index in [0.717, 1.165) is 29.5 Å². The van der Waals surface area contributed by atoms with Gasteiger partial charge in [-0.25, -0.2) is 0 Å². The zero-order valence-corrected chi connectivity index (χ0v) is 17.4. The highest BCUT2D eigenvalue weighted by Crippen LogP contribution is 2.24. The fraction of sp³-hybridized carbons (Fsp3) is 0.154. The number of hydrogen-bond acceptors (Lipinski definition) is 3. The molecule has 0 radical (unpaired) electrons. The fourth-order valence-electron chi connectivity index (χ4n) is 3.29. The van der Waals surface area contributed by atoms with E-state index in [1.54, 1.807) is 24.3 Å². The van der Waals surface area contributed by atoms with Crippen LogP contribution in [0.15, 0.2) is 72.8 Å². The summed E-state index contributed by atoms with van der Waals surface area (Å²) in [6.07, 6.45) is 3.93. The molecule has 3 aromatic rings. The van der Waals surface area contributed by atoms with E-state index >= 15 is 0 Å².